The van der Waals surface area contributed by atoms with Crippen LogP contribution in [0.4, 0.5) is 0 Å². The number of carboxylic acids is 1. The molecule has 0 bridgehead atoms. The Morgan fingerprint density at radius 1 is 0.828 bits per heavy atom. The predicted octanol–water partition coefficient (Wildman–Crippen LogP) is -0.195. The molecular weight excluding hydrogens is 416 g/mol. The van der Waals surface area contributed by atoms with Crippen molar-refractivity contribution < 1.29 is 24.3 Å². The number of carbonyl (C=O) groups excluding carboxylic acids is 3. The summed E-state index contributed by atoms with van der Waals surface area (Å²) in [4.78, 5) is 48.9. The summed E-state index contributed by atoms with van der Waals surface area (Å²) in [6, 6.07) is -3.89. The lowest BCUT2D eigenvalue weighted by molar-refractivity contribution is -0.142. The van der Waals surface area contributed by atoms with Crippen molar-refractivity contribution >= 4 is 48.9 Å². The average molecular weight is 451 g/mol. The van der Waals surface area contributed by atoms with E-state index in [1.165, 1.54) is 0 Å². The van der Waals surface area contributed by atoms with E-state index in [9.17, 15) is 19.2 Å². The Labute approximate surface area is 183 Å². The van der Waals surface area contributed by atoms with Gasteiger partial charge >= 0.3 is 5.97 Å². The van der Waals surface area contributed by atoms with E-state index in [-0.39, 0.29) is 23.3 Å². The van der Waals surface area contributed by atoms with E-state index in [1.54, 1.807) is 13.8 Å². The summed E-state index contributed by atoms with van der Waals surface area (Å²) < 4.78 is 0. The first-order valence-electron chi connectivity index (χ1n) is 9.65. The SMILES string of the molecule is CC[C@H](C)[C@H](NC(=O)[C@@H](NC(=O)[C@@H](N)CS)[C@@H](C)CC)C(=O)N[C@@H](CS)C(=O)O. The lowest BCUT2D eigenvalue weighted by atomic mass is 9.94. The second kappa shape index (κ2) is 13.7. The number of carboxylic acid groups (broad SMARTS) is 1. The van der Waals surface area contributed by atoms with Gasteiger partial charge in [-0.2, -0.15) is 25.3 Å². The molecule has 0 spiro atoms. The number of thiol groups is 2. The summed E-state index contributed by atoms with van der Waals surface area (Å²) in [6.07, 6.45) is 1.18. The fourth-order valence-electron chi connectivity index (χ4n) is 2.44. The highest BCUT2D eigenvalue weighted by molar-refractivity contribution is 7.80. The molecule has 0 aliphatic carbocycles. The molecule has 0 radical (unpaired) electrons. The van der Waals surface area contributed by atoms with Gasteiger partial charge in [0.1, 0.15) is 18.1 Å². The molecule has 29 heavy (non-hydrogen) atoms. The minimum absolute atomic E-state index is 0.0879. The van der Waals surface area contributed by atoms with Gasteiger partial charge in [-0.25, -0.2) is 4.79 Å². The Bertz CT molecular complexity index is 578. The van der Waals surface area contributed by atoms with Gasteiger partial charge in [0.15, 0.2) is 0 Å². The molecule has 6 atom stereocenters. The molecule has 9 nitrogen and oxygen atoms in total. The van der Waals surface area contributed by atoms with Gasteiger partial charge in [0.25, 0.3) is 0 Å². The van der Waals surface area contributed by atoms with Crippen LogP contribution in [0.2, 0.25) is 0 Å². The largest absolute Gasteiger partial charge is 0.480 e. The van der Waals surface area contributed by atoms with Gasteiger partial charge in [-0.3, -0.25) is 14.4 Å². The first-order chi connectivity index (χ1) is 13.5. The number of hydrogen-bond acceptors (Lipinski definition) is 7. The molecule has 3 amide bonds. The van der Waals surface area contributed by atoms with E-state index in [1.807, 2.05) is 13.8 Å². The summed E-state index contributed by atoms with van der Waals surface area (Å²) >= 11 is 7.92. The van der Waals surface area contributed by atoms with Crippen molar-refractivity contribution in [2.75, 3.05) is 11.5 Å². The second-order valence-electron chi connectivity index (χ2n) is 7.11. The fourth-order valence-corrected chi connectivity index (χ4v) is 2.85. The Hall–Kier alpha value is -1.46. The third kappa shape index (κ3) is 8.83. The van der Waals surface area contributed by atoms with Gasteiger partial charge in [-0.1, -0.05) is 40.5 Å². The number of aliphatic carboxylic acids is 1. The van der Waals surface area contributed by atoms with Crippen molar-refractivity contribution in [1.82, 2.24) is 16.0 Å². The summed E-state index contributed by atoms with van der Waals surface area (Å²) in [5, 5.41) is 16.8. The Balaban J connectivity index is 5.49. The monoisotopic (exact) mass is 450 g/mol. The van der Waals surface area contributed by atoms with Crippen molar-refractivity contribution in [3.05, 3.63) is 0 Å². The van der Waals surface area contributed by atoms with Crippen LogP contribution in [0.25, 0.3) is 0 Å². The van der Waals surface area contributed by atoms with E-state index >= 15 is 0 Å². The van der Waals surface area contributed by atoms with Gasteiger partial charge < -0.3 is 26.8 Å². The van der Waals surface area contributed by atoms with E-state index in [0.717, 1.165) is 0 Å². The third-order valence-electron chi connectivity index (χ3n) is 4.92. The Morgan fingerprint density at radius 3 is 1.59 bits per heavy atom. The van der Waals surface area contributed by atoms with E-state index in [0.29, 0.717) is 12.8 Å². The van der Waals surface area contributed by atoms with Crippen LogP contribution in [-0.4, -0.2) is 64.5 Å². The minimum atomic E-state index is -1.21. The molecule has 0 saturated heterocycles. The molecule has 0 rings (SSSR count). The average Bonchev–Trinajstić information content (AvgIpc) is 2.71. The van der Waals surface area contributed by atoms with Gasteiger partial charge in [-0.15, -0.1) is 0 Å². The second-order valence-corrected chi connectivity index (χ2v) is 7.84. The van der Waals surface area contributed by atoms with E-state index < -0.39 is 47.9 Å². The molecule has 0 unspecified atom stereocenters. The number of hydrogen-bond donors (Lipinski definition) is 7. The zero-order valence-corrected chi connectivity index (χ0v) is 19.1. The first-order valence-corrected chi connectivity index (χ1v) is 10.9. The normalized spacial score (nSPS) is 17.2. The van der Waals surface area contributed by atoms with Crippen LogP contribution in [-0.2, 0) is 19.2 Å². The zero-order valence-electron chi connectivity index (χ0n) is 17.3. The number of carbonyl (C=O) groups is 4. The number of amides is 3. The molecule has 0 aliphatic heterocycles. The van der Waals surface area contributed by atoms with Gasteiger partial charge in [0, 0.05) is 11.5 Å². The molecule has 0 aromatic rings. The van der Waals surface area contributed by atoms with Crippen LogP contribution in [0, 0.1) is 11.8 Å². The topological polar surface area (TPSA) is 151 Å². The van der Waals surface area contributed by atoms with Crippen molar-refractivity contribution in [3.63, 3.8) is 0 Å². The summed E-state index contributed by atoms with van der Waals surface area (Å²) in [7, 11) is 0. The highest BCUT2D eigenvalue weighted by Gasteiger charge is 2.34. The lowest BCUT2D eigenvalue weighted by Gasteiger charge is -2.29. The predicted molar refractivity (Wildman–Crippen MR) is 118 cm³/mol. The lowest BCUT2D eigenvalue weighted by Crippen LogP contribution is -2.60. The van der Waals surface area contributed by atoms with Crippen LogP contribution in [0.15, 0.2) is 0 Å². The number of nitrogens with two attached hydrogens (primary N) is 1. The molecule has 6 N–H and O–H groups in total. The summed E-state index contributed by atoms with van der Waals surface area (Å²) in [5.41, 5.74) is 5.68. The van der Waals surface area contributed by atoms with Gasteiger partial charge in [0.05, 0.1) is 6.04 Å². The van der Waals surface area contributed by atoms with Crippen LogP contribution in [0.5, 0.6) is 0 Å². The smallest absolute Gasteiger partial charge is 0.327 e. The van der Waals surface area contributed by atoms with Crippen LogP contribution >= 0.6 is 25.3 Å². The number of rotatable bonds is 13. The maximum atomic E-state index is 12.9. The number of nitrogens with one attached hydrogen (secondary N) is 3. The highest BCUT2D eigenvalue weighted by atomic mass is 32.1. The Morgan fingerprint density at radius 2 is 1.24 bits per heavy atom. The van der Waals surface area contributed by atoms with Crippen molar-refractivity contribution in [2.24, 2.45) is 17.6 Å². The molecule has 0 aromatic carbocycles. The summed E-state index contributed by atoms with van der Waals surface area (Å²) in [6.45, 7) is 7.30. The first kappa shape index (κ1) is 27.5. The molecule has 11 heteroatoms. The zero-order chi connectivity index (χ0) is 22.7. The molecule has 0 saturated carbocycles. The van der Waals surface area contributed by atoms with Gasteiger partial charge in [0.2, 0.25) is 17.7 Å². The molecular formula is C18H34N4O5S2. The standard InChI is InChI=1S/C18H34N4O5S2/c1-5-9(3)13(16(24)20-12(8-29)18(26)27)22-17(25)14(10(4)6-2)21-15(23)11(19)7-28/h9-14,28-29H,5-8,19H2,1-4H3,(H,20,24)(H,21,23)(H,22,25)(H,26,27)/t9-,10-,11-,12-,13-,14-/m0/s1. The summed E-state index contributed by atoms with van der Waals surface area (Å²) in [5.74, 6) is -3.31. The maximum absolute atomic E-state index is 12.9. The quantitative estimate of drug-likeness (QED) is 0.193. The van der Waals surface area contributed by atoms with E-state index in [4.69, 9.17) is 10.8 Å². The fraction of sp³-hybridized carbons (Fsp3) is 0.778. The third-order valence-corrected chi connectivity index (χ3v) is 5.68. The minimum Gasteiger partial charge on any atom is -0.480 e. The maximum Gasteiger partial charge on any atom is 0.327 e. The van der Waals surface area contributed by atoms with Crippen LogP contribution in [0.1, 0.15) is 40.5 Å². The van der Waals surface area contributed by atoms with Crippen molar-refractivity contribution in [2.45, 2.75) is 64.7 Å². The van der Waals surface area contributed by atoms with Crippen LogP contribution < -0.4 is 21.7 Å². The van der Waals surface area contributed by atoms with E-state index in [2.05, 4.69) is 41.2 Å². The highest BCUT2D eigenvalue weighted by Crippen LogP contribution is 2.13. The molecule has 0 aliphatic rings. The molecule has 168 valence electrons. The van der Waals surface area contributed by atoms with Gasteiger partial charge in [-0.05, 0) is 11.8 Å². The van der Waals surface area contributed by atoms with Crippen LogP contribution in [0.3, 0.4) is 0 Å². The molecule has 0 heterocycles. The van der Waals surface area contributed by atoms with Crippen molar-refractivity contribution in [3.8, 4) is 0 Å². The van der Waals surface area contributed by atoms with Crippen molar-refractivity contribution in [1.29, 1.82) is 0 Å². The Kier molecular flexibility index (Phi) is 13.0. The molecule has 0 aromatic heterocycles. The molecule has 0 fully saturated rings.